The van der Waals surface area contributed by atoms with Crippen molar-refractivity contribution in [2.75, 3.05) is 33.3 Å². The fourth-order valence-corrected chi connectivity index (χ4v) is 4.24. The van der Waals surface area contributed by atoms with Gasteiger partial charge < -0.3 is 4.74 Å². The molecule has 0 aliphatic carbocycles. The molecule has 1 unspecified atom stereocenters. The molecule has 2 aliphatic rings. The Bertz CT molecular complexity index is 802. The minimum atomic E-state index is 0.275. The number of hydrogen-bond acceptors (Lipinski definition) is 6. The van der Waals surface area contributed by atoms with Crippen molar-refractivity contribution >= 4 is 0 Å². The molecule has 2 aliphatic heterocycles. The van der Waals surface area contributed by atoms with Crippen LogP contribution in [-0.2, 0) is 6.54 Å². The average molecular weight is 352 g/mol. The highest BCUT2D eigenvalue weighted by Crippen LogP contribution is 2.39. The second-order valence-corrected chi connectivity index (χ2v) is 7.67. The summed E-state index contributed by atoms with van der Waals surface area (Å²) in [7, 11) is 2.22. The molecule has 0 saturated carbocycles. The summed E-state index contributed by atoms with van der Waals surface area (Å²) < 4.78 is 5.85. The normalized spacial score (nSPS) is 22.3. The van der Waals surface area contributed by atoms with Crippen molar-refractivity contribution < 1.29 is 4.74 Å². The third-order valence-corrected chi connectivity index (χ3v) is 5.52. The minimum absolute atomic E-state index is 0.275. The molecule has 1 atom stereocenters. The number of hydrogen-bond donors (Lipinski definition) is 1. The molecule has 1 spiro atoms. The Morgan fingerprint density at radius 1 is 1.42 bits per heavy atom. The summed E-state index contributed by atoms with van der Waals surface area (Å²) in [5.41, 5.74) is 3.06. The zero-order valence-electron chi connectivity index (χ0n) is 15.3. The highest BCUT2D eigenvalue weighted by Gasteiger charge is 2.51. The van der Waals surface area contributed by atoms with Gasteiger partial charge in [0.25, 0.3) is 0 Å². The van der Waals surface area contributed by atoms with Gasteiger partial charge in [0.15, 0.2) is 0 Å². The van der Waals surface area contributed by atoms with Gasteiger partial charge in [0, 0.05) is 55.6 Å². The van der Waals surface area contributed by atoms with Crippen LogP contribution in [0.15, 0.2) is 24.4 Å². The Morgan fingerprint density at radius 3 is 2.92 bits per heavy atom. The number of rotatable bonds is 5. The van der Waals surface area contributed by atoms with E-state index in [9.17, 15) is 0 Å². The number of nitriles is 1. The first-order valence-electron chi connectivity index (χ1n) is 9.00. The SMILES string of the molecule is Cc1cc(CN2CC3(CC(COc4ccc(C#N)cn4)CN3C)C2)n[nH]1. The second-order valence-electron chi connectivity index (χ2n) is 7.67. The molecule has 136 valence electrons. The lowest BCUT2D eigenvalue weighted by molar-refractivity contribution is -0.0229. The predicted octanol–water partition coefficient (Wildman–Crippen LogP) is 1.57. The summed E-state index contributed by atoms with van der Waals surface area (Å²) in [6, 6.07) is 7.69. The summed E-state index contributed by atoms with van der Waals surface area (Å²) in [5, 5.41) is 16.2. The minimum Gasteiger partial charge on any atom is -0.477 e. The smallest absolute Gasteiger partial charge is 0.213 e. The molecule has 0 amide bonds. The molecule has 7 nitrogen and oxygen atoms in total. The number of aromatic nitrogens is 3. The molecular formula is C19H24N6O. The molecule has 2 saturated heterocycles. The van der Waals surface area contributed by atoms with E-state index >= 15 is 0 Å². The Morgan fingerprint density at radius 2 is 2.27 bits per heavy atom. The number of nitrogens with one attached hydrogen (secondary N) is 1. The van der Waals surface area contributed by atoms with E-state index in [-0.39, 0.29) is 5.54 Å². The first-order valence-corrected chi connectivity index (χ1v) is 9.00. The van der Waals surface area contributed by atoms with Gasteiger partial charge in [-0.1, -0.05) is 0 Å². The van der Waals surface area contributed by atoms with Crippen LogP contribution < -0.4 is 4.74 Å². The van der Waals surface area contributed by atoms with E-state index in [4.69, 9.17) is 10.00 Å². The maximum absolute atomic E-state index is 8.82. The highest BCUT2D eigenvalue weighted by atomic mass is 16.5. The van der Waals surface area contributed by atoms with E-state index in [0.717, 1.165) is 44.0 Å². The number of aromatic amines is 1. The van der Waals surface area contributed by atoms with Crippen molar-refractivity contribution in [3.63, 3.8) is 0 Å². The van der Waals surface area contributed by atoms with Crippen LogP contribution in [0.5, 0.6) is 5.88 Å². The van der Waals surface area contributed by atoms with E-state index in [1.807, 2.05) is 6.92 Å². The molecule has 4 heterocycles. The van der Waals surface area contributed by atoms with Crippen LogP contribution in [0.3, 0.4) is 0 Å². The molecule has 2 aromatic heterocycles. The summed E-state index contributed by atoms with van der Waals surface area (Å²) >= 11 is 0. The number of ether oxygens (including phenoxy) is 1. The topological polar surface area (TPSA) is 81.1 Å². The monoisotopic (exact) mass is 352 g/mol. The highest BCUT2D eigenvalue weighted by molar-refractivity contribution is 5.28. The van der Waals surface area contributed by atoms with Gasteiger partial charge in [-0.25, -0.2) is 4.98 Å². The van der Waals surface area contributed by atoms with Gasteiger partial charge in [0.2, 0.25) is 5.88 Å². The van der Waals surface area contributed by atoms with Crippen LogP contribution in [0.4, 0.5) is 0 Å². The molecular weight excluding hydrogens is 328 g/mol. The van der Waals surface area contributed by atoms with Crippen LogP contribution >= 0.6 is 0 Å². The van der Waals surface area contributed by atoms with Gasteiger partial charge in [-0.05, 0) is 32.5 Å². The summed E-state index contributed by atoms with van der Waals surface area (Å²) in [6.07, 6.45) is 2.70. The van der Waals surface area contributed by atoms with Crippen molar-refractivity contribution in [2.24, 2.45) is 5.92 Å². The van der Waals surface area contributed by atoms with Gasteiger partial charge >= 0.3 is 0 Å². The summed E-state index contributed by atoms with van der Waals surface area (Å²) in [4.78, 5) is 9.13. The van der Waals surface area contributed by atoms with E-state index in [2.05, 4.69) is 44.2 Å². The molecule has 2 aromatic rings. The van der Waals surface area contributed by atoms with E-state index in [1.165, 1.54) is 0 Å². The number of likely N-dealkylation sites (N-methyl/N-ethyl adjacent to an activating group) is 1. The first-order chi connectivity index (χ1) is 12.6. The lowest BCUT2D eigenvalue weighted by atomic mass is 9.84. The second kappa shape index (κ2) is 6.71. The molecule has 0 bridgehead atoms. The van der Waals surface area contributed by atoms with Crippen molar-refractivity contribution in [3.05, 3.63) is 41.3 Å². The number of H-pyrrole nitrogens is 1. The largest absolute Gasteiger partial charge is 0.477 e. The number of likely N-dealkylation sites (tertiary alicyclic amines) is 2. The number of nitrogens with zero attached hydrogens (tertiary/aromatic N) is 5. The third-order valence-electron chi connectivity index (χ3n) is 5.52. The zero-order valence-corrected chi connectivity index (χ0v) is 15.3. The molecule has 1 N–H and O–H groups in total. The molecule has 26 heavy (non-hydrogen) atoms. The standard InChI is InChI=1S/C19H24N6O/c1-14-5-17(23-22-14)10-25-12-19(13-25)6-16(9-24(19)2)11-26-18-4-3-15(7-20)8-21-18/h3-5,8,16H,6,9-13H2,1-2H3,(H,22,23). The maximum Gasteiger partial charge on any atom is 0.213 e. The molecule has 0 aromatic carbocycles. The van der Waals surface area contributed by atoms with Gasteiger partial charge in [-0.3, -0.25) is 14.9 Å². The Labute approximate surface area is 153 Å². The summed E-state index contributed by atoms with van der Waals surface area (Å²) in [5.74, 6) is 1.10. The summed E-state index contributed by atoms with van der Waals surface area (Å²) in [6.45, 7) is 6.83. The quantitative estimate of drug-likeness (QED) is 0.880. The zero-order chi connectivity index (χ0) is 18.1. The van der Waals surface area contributed by atoms with E-state index in [1.54, 1.807) is 18.3 Å². The van der Waals surface area contributed by atoms with Gasteiger partial charge in [-0.2, -0.15) is 10.4 Å². The van der Waals surface area contributed by atoms with Crippen molar-refractivity contribution in [3.8, 4) is 11.9 Å². The average Bonchev–Trinajstić information content (AvgIpc) is 3.16. The Kier molecular flexibility index (Phi) is 4.39. The lowest BCUT2D eigenvalue weighted by Crippen LogP contribution is -2.66. The van der Waals surface area contributed by atoms with Crippen molar-refractivity contribution in [2.45, 2.75) is 25.4 Å². The van der Waals surface area contributed by atoms with E-state index < -0.39 is 0 Å². The van der Waals surface area contributed by atoms with Gasteiger partial charge in [0.1, 0.15) is 6.07 Å². The maximum atomic E-state index is 8.82. The first kappa shape index (κ1) is 17.0. The molecule has 4 rings (SSSR count). The van der Waals surface area contributed by atoms with Gasteiger partial charge in [-0.15, -0.1) is 0 Å². The van der Waals surface area contributed by atoms with Crippen molar-refractivity contribution in [1.82, 2.24) is 25.0 Å². The molecule has 2 fully saturated rings. The molecule has 7 heteroatoms. The van der Waals surface area contributed by atoms with Crippen LogP contribution in [0.25, 0.3) is 0 Å². The number of pyridine rings is 1. The third kappa shape index (κ3) is 3.30. The lowest BCUT2D eigenvalue weighted by Gasteiger charge is -2.52. The van der Waals surface area contributed by atoms with Crippen molar-refractivity contribution in [1.29, 1.82) is 5.26 Å². The van der Waals surface area contributed by atoms with Crippen LogP contribution in [-0.4, -0.2) is 63.8 Å². The van der Waals surface area contributed by atoms with Crippen LogP contribution in [0, 0.1) is 24.2 Å². The number of aryl methyl sites for hydroxylation is 1. The van der Waals surface area contributed by atoms with Gasteiger partial charge in [0.05, 0.1) is 17.9 Å². The molecule has 0 radical (unpaired) electrons. The van der Waals surface area contributed by atoms with E-state index in [0.29, 0.717) is 24.0 Å². The Balaban J connectivity index is 1.27. The van der Waals surface area contributed by atoms with Crippen LogP contribution in [0.1, 0.15) is 23.4 Å². The fraction of sp³-hybridized carbons (Fsp3) is 0.526. The van der Waals surface area contributed by atoms with Crippen LogP contribution in [0.2, 0.25) is 0 Å². The predicted molar refractivity (Wildman–Crippen MR) is 96.5 cm³/mol. The fourth-order valence-electron chi connectivity index (χ4n) is 4.24. The Hall–Kier alpha value is -2.43.